The van der Waals surface area contributed by atoms with Crippen LogP contribution < -0.4 is 0 Å². The first kappa shape index (κ1) is 11.6. The molecule has 0 unspecified atom stereocenters. The van der Waals surface area contributed by atoms with Gasteiger partial charge < -0.3 is 10.0 Å². The highest BCUT2D eigenvalue weighted by Crippen LogP contribution is 2.16. The Kier molecular flexibility index (Phi) is 4.45. The maximum atomic E-state index is 9.88. The number of aliphatic hydroxyl groups excluding tert-OH is 1. The smallest absolute Gasteiger partial charge is 0.0813 e. The topological polar surface area (TPSA) is 23.5 Å². The van der Waals surface area contributed by atoms with E-state index in [1.165, 1.54) is 0 Å². The molecule has 1 aliphatic carbocycles. The molecule has 0 saturated heterocycles. The predicted octanol–water partition coefficient (Wildman–Crippen LogP) is 1.56. The van der Waals surface area contributed by atoms with Gasteiger partial charge in [-0.25, -0.2) is 0 Å². The molecule has 0 heterocycles. The van der Waals surface area contributed by atoms with Crippen LogP contribution in [0.5, 0.6) is 0 Å². The molecule has 0 amide bonds. The molecule has 1 N–H and O–H groups in total. The van der Waals surface area contributed by atoms with Crippen LogP contribution in [0.4, 0.5) is 0 Å². The summed E-state index contributed by atoms with van der Waals surface area (Å²) in [5, 5.41) is 9.88. The lowest BCUT2D eigenvalue weighted by Gasteiger charge is -2.19. The van der Waals surface area contributed by atoms with E-state index < -0.39 is 6.10 Å². The number of nitrogens with zero attached hydrogens (tertiary/aromatic N) is 1. The van der Waals surface area contributed by atoms with E-state index in [0.29, 0.717) is 0 Å². The van der Waals surface area contributed by atoms with E-state index in [4.69, 9.17) is 12.2 Å². The van der Waals surface area contributed by atoms with Crippen LogP contribution in [0.2, 0.25) is 0 Å². The number of rotatable bonds is 4. The lowest BCUT2D eigenvalue weighted by Crippen LogP contribution is -2.23. The Morgan fingerprint density at radius 2 is 2.29 bits per heavy atom. The second-order valence-electron chi connectivity index (χ2n) is 3.79. The van der Waals surface area contributed by atoms with Gasteiger partial charge in [0.15, 0.2) is 0 Å². The zero-order valence-electron chi connectivity index (χ0n) is 8.73. The van der Waals surface area contributed by atoms with Crippen LogP contribution in [0.25, 0.3) is 0 Å². The van der Waals surface area contributed by atoms with Crippen molar-refractivity contribution in [2.75, 3.05) is 20.6 Å². The molecule has 1 rings (SSSR count). The van der Waals surface area contributed by atoms with E-state index >= 15 is 0 Å². The third-order valence-corrected chi connectivity index (χ3v) is 2.65. The van der Waals surface area contributed by atoms with Crippen molar-refractivity contribution in [3.8, 4) is 0 Å². The van der Waals surface area contributed by atoms with E-state index in [-0.39, 0.29) is 0 Å². The maximum Gasteiger partial charge on any atom is 0.0813 e. The largest absolute Gasteiger partial charge is 0.388 e. The van der Waals surface area contributed by atoms with E-state index in [9.17, 15) is 5.11 Å². The summed E-state index contributed by atoms with van der Waals surface area (Å²) in [6.45, 7) is 0.880. The molecule has 0 spiro atoms. The molecule has 2 nitrogen and oxygen atoms in total. The van der Waals surface area contributed by atoms with Crippen molar-refractivity contribution < 1.29 is 5.11 Å². The van der Waals surface area contributed by atoms with Crippen molar-refractivity contribution in [3.63, 3.8) is 0 Å². The summed E-state index contributed by atoms with van der Waals surface area (Å²) >= 11 is 5.19. The van der Waals surface area contributed by atoms with Crippen LogP contribution in [0.15, 0.2) is 23.8 Å². The van der Waals surface area contributed by atoms with E-state index in [0.717, 1.165) is 29.8 Å². The molecule has 1 atom stereocenters. The fourth-order valence-corrected chi connectivity index (χ4v) is 1.69. The van der Waals surface area contributed by atoms with Gasteiger partial charge in [-0.3, -0.25) is 0 Å². The van der Waals surface area contributed by atoms with E-state index in [1.807, 2.05) is 32.3 Å². The van der Waals surface area contributed by atoms with Gasteiger partial charge in [0.1, 0.15) is 0 Å². The van der Waals surface area contributed by atoms with Crippen LogP contribution in [0.1, 0.15) is 12.8 Å². The molecule has 0 fully saturated rings. The van der Waals surface area contributed by atoms with Crippen LogP contribution in [-0.2, 0) is 0 Å². The van der Waals surface area contributed by atoms with Crippen molar-refractivity contribution >= 4 is 17.1 Å². The molecular weight excluding hydrogens is 194 g/mol. The average molecular weight is 211 g/mol. The van der Waals surface area contributed by atoms with Gasteiger partial charge in [0.25, 0.3) is 0 Å². The van der Waals surface area contributed by atoms with Gasteiger partial charge in [-0.1, -0.05) is 30.4 Å². The zero-order valence-corrected chi connectivity index (χ0v) is 9.55. The number of allylic oxidation sites excluding steroid dienone is 3. The molecule has 1 aliphatic rings. The highest BCUT2D eigenvalue weighted by molar-refractivity contribution is 7.80. The first-order valence-corrected chi connectivity index (χ1v) is 5.25. The lowest BCUT2D eigenvalue weighted by atomic mass is 9.97. The number of hydrogen-bond donors (Lipinski definition) is 1. The Morgan fingerprint density at radius 3 is 2.86 bits per heavy atom. The average Bonchev–Trinajstić information content (AvgIpc) is 2.15. The highest BCUT2D eigenvalue weighted by atomic mass is 32.1. The molecular formula is C11H17NOS. The van der Waals surface area contributed by atoms with Crippen molar-refractivity contribution in [2.45, 2.75) is 18.9 Å². The number of hydrogen-bond acceptors (Lipinski definition) is 3. The quantitative estimate of drug-likeness (QED) is 0.714. The van der Waals surface area contributed by atoms with E-state index in [1.54, 1.807) is 0 Å². The summed E-state index contributed by atoms with van der Waals surface area (Å²) in [5.74, 6) is 0. The Labute approximate surface area is 90.9 Å². The fourth-order valence-electron chi connectivity index (χ4n) is 1.39. The summed E-state index contributed by atoms with van der Waals surface area (Å²) in [5.41, 5.74) is 0.921. The molecule has 0 saturated carbocycles. The van der Waals surface area contributed by atoms with Gasteiger partial charge in [0, 0.05) is 17.8 Å². The van der Waals surface area contributed by atoms with Crippen molar-refractivity contribution in [2.24, 2.45) is 0 Å². The number of thiocarbonyl (C=S) groups is 1. The SMILES string of the molecule is CN(C)CC[C@@H](O)C1=CC=CCC1=S. The minimum Gasteiger partial charge on any atom is -0.388 e. The molecule has 78 valence electrons. The van der Waals surface area contributed by atoms with Gasteiger partial charge >= 0.3 is 0 Å². The third-order valence-electron chi connectivity index (χ3n) is 2.25. The highest BCUT2D eigenvalue weighted by Gasteiger charge is 2.15. The summed E-state index contributed by atoms with van der Waals surface area (Å²) < 4.78 is 0. The molecule has 0 radical (unpaired) electrons. The molecule has 3 heteroatoms. The van der Waals surface area contributed by atoms with Crippen LogP contribution >= 0.6 is 12.2 Å². The summed E-state index contributed by atoms with van der Waals surface area (Å²) in [7, 11) is 4.00. The minimum atomic E-state index is -0.408. The molecule has 0 aliphatic heterocycles. The predicted molar refractivity (Wildman–Crippen MR) is 63.6 cm³/mol. The molecule has 0 bridgehead atoms. The van der Waals surface area contributed by atoms with Crippen molar-refractivity contribution in [3.05, 3.63) is 23.8 Å². The first-order valence-electron chi connectivity index (χ1n) is 4.84. The van der Waals surface area contributed by atoms with Gasteiger partial charge in [-0.05, 0) is 26.1 Å². The van der Waals surface area contributed by atoms with Gasteiger partial charge in [0.05, 0.1) is 6.10 Å². The normalized spacial score (nSPS) is 18.6. The maximum absolute atomic E-state index is 9.88. The fraction of sp³-hybridized carbons (Fsp3) is 0.545. The minimum absolute atomic E-state index is 0.408. The molecule has 0 aromatic rings. The molecule has 0 aromatic heterocycles. The standard InChI is InChI=1S/C11H17NOS/c1-12(2)8-7-10(13)9-5-3-4-6-11(9)14/h3-5,10,13H,6-8H2,1-2H3/t10-/m1/s1. The number of aliphatic hydroxyl groups is 1. The van der Waals surface area contributed by atoms with Crippen molar-refractivity contribution in [1.82, 2.24) is 4.90 Å². The van der Waals surface area contributed by atoms with Gasteiger partial charge in [-0.2, -0.15) is 0 Å². The monoisotopic (exact) mass is 211 g/mol. The Balaban J connectivity index is 2.50. The lowest BCUT2D eigenvalue weighted by molar-refractivity contribution is 0.190. The zero-order chi connectivity index (χ0) is 10.6. The Morgan fingerprint density at radius 1 is 1.57 bits per heavy atom. The van der Waals surface area contributed by atoms with Crippen LogP contribution in [0, 0.1) is 0 Å². The van der Waals surface area contributed by atoms with Gasteiger partial charge in [0.2, 0.25) is 0 Å². The second kappa shape index (κ2) is 5.39. The van der Waals surface area contributed by atoms with Crippen LogP contribution in [-0.4, -0.2) is 41.6 Å². The Bertz CT molecular complexity index is 268. The summed E-state index contributed by atoms with van der Waals surface area (Å²) in [6, 6.07) is 0. The molecule has 14 heavy (non-hydrogen) atoms. The summed E-state index contributed by atoms with van der Waals surface area (Å²) in [4.78, 5) is 2.93. The summed E-state index contributed by atoms with van der Waals surface area (Å²) in [6.07, 6.45) is 7.03. The second-order valence-corrected chi connectivity index (χ2v) is 4.28. The van der Waals surface area contributed by atoms with Crippen molar-refractivity contribution in [1.29, 1.82) is 0 Å². The first-order chi connectivity index (χ1) is 6.61. The molecule has 0 aromatic carbocycles. The Hall–Kier alpha value is -0.510. The van der Waals surface area contributed by atoms with E-state index in [2.05, 4.69) is 4.90 Å². The van der Waals surface area contributed by atoms with Gasteiger partial charge in [-0.15, -0.1) is 0 Å². The van der Waals surface area contributed by atoms with Crippen LogP contribution in [0.3, 0.4) is 0 Å². The third kappa shape index (κ3) is 3.33.